The van der Waals surface area contributed by atoms with Gasteiger partial charge in [0, 0.05) is 0 Å². The minimum atomic E-state index is -3.07. The summed E-state index contributed by atoms with van der Waals surface area (Å²) >= 11 is 0. The first-order chi connectivity index (χ1) is 13.3. The summed E-state index contributed by atoms with van der Waals surface area (Å²) < 4.78 is 8.82. The van der Waals surface area contributed by atoms with Crippen LogP contribution in [0.15, 0.2) is 0 Å². The number of rotatable bonds is 13. The zero-order valence-electron chi connectivity index (χ0n) is 15.5. The molecule has 0 aromatic heterocycles. The Morgan fingerprint density at radius 3 is 1.52 bits per heavy atom. The molecule has 5 N–H and O–H groups in total. The fourth-order valence-corrected chi connectivity index (χ4v) is 1.97. The van der Waals surface area contributed by atoms with Crippen LogP contribution in [0, 0.1) is 0 Å². The molecule has 29 heavy (non-hydrogen) atoms. The van der Waals surface area contributed by atoms with Crippen molar-refractivity contribution in [2.45, 2.75) is 56.7 Å². The van der Waals surface area contributed by atoms with E-state index in [2.05, 4.69) is 9.47 Å². The molecule has 0 bridgehead atoms. The third-order valence-electron chi connectivity index (χ3n) is 3.54. The molecule has 0 aliphatic rings. The highest BCUT2D eigenvalue weighted by Crippen LogP contribution is 2.20. The van der Waals surface area contributed by atoms with E-state index < -0.39 is 72.7 Å². The molecule has 0 fully saturated rings. The topological polar surface area (TPSA) is 222 Å². The van der Waals surface area contributed by atoms with Crippen molar-refractivity contribution in [2.24, 2.45) is 0 Å². The molecule has 0 rings (SSSR count). The third kappa shape index (κ3) is 9.12. The van der Waals surface area contributed by atoms with E-state index in [4.69, 9.17) is 15.3 Å². The number of hydrogen-bond acceptors (Lipinski definition) is 10. The first-order valence-corrected chi connectivity index (χ1v) is 8.28. The Morgan fingerprint density at radius 1 is 0.724 bits per heavy atom. The monoisotopic (exact) mass is 422 g/mol. The van der Waals surface area contributed by atoms with Crippen molar-refractivity contribution in [2.75, 3.05) is 6.61 Å². The lowest BCUT2D eigenvalue weighted by Crippen LogP contribution is -2.45. The van der Waals surface area contributed by atoms with Crippen LogP contribution in [-0.4, -0.2) is 79.2 Å². The minimum Gasteiger partial charge on any atom is -0.481 e. The average Bonchev–Trinajstić information content (AvgIpc) is 2.53. The Hall–Kier alpha value is -3.06. The summed E-state index contributed by atoms with van der Waals surface area (Å²) in [5, 5.41) is 46.2. The van der Waals surface area contributed by atoms with Gasteiger partial charge in [0.1, 0.15) is 0 Å². The molecule has 0 heterocycles. The normalized spacial score (nSPS) is 14.7. The summed E-state index contributed by atoms with van der Waals surface area (Å²) in [4.78, 5) is 67.7. The summed E-state index contributed by atoms with van der Waals surface area (Å²) in [6.45, 7) is 1.77. The van der Waals surface area contributed by atoms with E-state index in [9.17, 15) is 39.0 Å². The molecule has 13 nitrogen and oxygen atoms in total. The van der Waals surface area contributed by atoms with Crippen molar-refractivity contribution in [1.82, 2.24) is 0 Å². The number of esters is 3. The van der Waals surface area contributed by atoms with E-state index >= 15 is 0 Å². The predicted molar refractivity (Wildman–Crippen MR) is 88.2 cm³/mol. The zero-order valence-corrected chi connectivity index (χ0v) is 15.5. The molecular weight excluding hydrogens is 400 g/mol. The quantitative estimate of drug-likeness (QED) is 0.132. The van der Waals surface area contributed by atoms with Gasteiger partial charge in [-0.05, 0) is 6.42 Å². The van der Waals surface area contributed by atoms with Crippen LogP contribution in [-0.2, 0) is 38.2 Å². The van der Waals surface area contributed by atoms with Crippen LogP contribution in [0.4, 0.5) is 0 Å². The Kier molecular flexibility index (Phi) is 9.90. The third-order valence-corrected chi connectivity index (χ3v) is 3.54. The van der Waals surface area contributed by atoms with Gasteiger partial charge in [0.15, 0.2) is 11.2 Å². The standard InChI is InChI=1S/C16H22O13/c1-2-3-4-28-10(19)6-16(27,14(24)25)8-12(21)29-11(20)7-15(26,13(22)23)5-9(17)18/h26-27H,2-8H2,1H3,(H,17,18)(H,22,23)(H,24,25). The fraction of sp³-hybridized carbons (Fsp3) is 0.625. The van der Waals surface area contributed by atoms with Crippen molar-refractivity contribution in [3.05, 3.63) is 0 Å². The van der Waals surface area contributed by atoms with Crippen LogP contribution in [0.25, 0.3) is 0 Å². The number of ether oxygens (including phenoxy) is 2. The second kappa shape index (κ2) is 11.1. The van der Waals surface area contributed by atoms with E-state index in [0.717, 1.165) is 0 Å². The van der Waals surface area contributed by atoms with Crippen LogP contribution >= 0.6 is 0 Å². The number of aliphatic carboxylic acids is 3. The van der Waals surface area contributed by atoms with Gasteiger partial charge >= 0.3 is 35.8 Å². The van der Waals surface area contributed by atoms with Crippen molar-refractivity contribution in [3.8, 4) is 0 Å². The van der Waals surface area contributed by atoms with Crippen molar-refractivity contribution < 1.29 is 63.8 Å². The Balaban J connectivity index is 5.01. The van der Waals surface area contributed by atoms with Crippen LogP contribution in [0.5, 0.6) is 0 Å². The van der Waals surface area contributed by atoms with Crippen LogP contribution in [0.3, 0.4) is 0 Å². The van der Waals surface area contributed by atoms with E-state index in [1.54, 1.807) is 6.92 Å². The minimum absolute atomic E-state index is 0.0364. The predicted octanol–water partition coefficient (Wildman–Crippen LogP) is -1.32. The largest absolute Gasteiger partial charge is 0.481 e. The molecule has 2 atom stereocenters. The maximum atomic E-state index is 11.7. The van der Waals surface area contributed by atoms with Gasteiger partial charge < -0.3 is 35.0 Å². The summed E-state index contributed by atoms with van der Waals surface area (Å²) in [5.74, 6) is -10.3. The van der Waals surface area contributed by atoms with Gasteiger partial charge in [0.2, 0.25) is 0 Å². The van der Waals surface area contributed by atoms with Gasteiger partial charge in [0.25, 0.3) is 0 Å². The fourth-order valence-electron chi connectivity index (χ4n) is 1.97. The molecule has 0 amide bonds. The number of carboxylic acids is 3. The molecule has 0 aromatic rings. The summed E-state index contributed by atoms with van der Waals surface area (Å²) in [6.07, 6.45) is -4.17. The molecule has 2 unspecified atom stereocenters. The van der Waals surface area contributed by atoms with Crippen LogP contribution in [0.1, 0.15) is 45.4 Å². The van der Waals surface area contributed by atoms with Crippen LogP contribution in [0.2, 0.25) is 0 Å². The van der Waals surface area contributed by atoms with E-state index in [1.807, 2.05) is 0 Å². The summed E-state index contributed by atoms with van der Waals surface area (Å²) in [5.41, 5.74) is -6.04. The zero-order chi connectivity index (χ0) is 22.8. The maximum absolute atomic E-state index is 11.7. The van der Waals surface area contributed by atoms with Crippen LogP contribution < -0.4 is 0 Å². The van der Waals surface area contributed by atoms with E-state index in [-0.39, 0.29) is 6.61 Å². The lowest BCUT2D eigenvalue weighted by Gasteiger charge is -2.22. The molecule has 0 saturated heterocycles. The SMILES string of the molecule is CCCCOC(=O)CC(O)(CC(=O)OC(=O)CC(O)(CC(=O)O)C(=O)O)C(=O)O. The molecule has 0 aliphatic carbocycles. The van der Waals surface area contributed by atoms with Crippen molar-refractivity contribution >= 4 is 35.8 Å². The van der Waals surface area contributed by atoms with Gasteiger partial charge in [-0.2, -0.15) is 0 Å². The molecule has 0 aliphatic heterocycles. The number of hydrogen-bond donors (Lipinski definition) is 5. The smallest absolute Gasteiger partial charge is 0.336 e. The second-order valence-corrected chi connectivity index (χ2v) is 6.19. The molecule has 0 aromatic carbocycles. The highest BCUT2D eigenvalue weighted by Gasteiger charge is 2.44. The summed E-state index contributed by atoms with van der Waals surface area (Å²) in [7, 11) is 0. The highest BCUT2D eigenvalue weighted by atomic mass is 16.6. The highest BCUT2D eigenvalue weighted by molar-refractivity contribution is 5.94. The van der Waals surface area contributed by atoms with Gasteiger partial charge in [-0.3, -0.25) is 19.2 Å². The molecule has 13 heteroatoms. The lowest BCUT2D eigenvalue weighted by atomic mass is 9.95. The van der Waals surface area contributed by atoms with E-state index in [1.165, 1.54) is 0 Å². The number of aliphatic hydroxyl groups is 2. The first kappa shape index (κ1) is 25.9. The molecular formula is C16H22O13. The molecule has 0 saturated carbocycles. The first-order valence-electron chi connectivity index (χ1n) is 8.28. The Morgan fingerprint density at radius 2 is 1.14 bits per heavy atom. The number of carbonyl (C=O) groups excluding carboxylic acids is 3. The molecule has 164 valence electrons. The van der Waals surface area contributed by atoms with Gasteiger partial charge in [-0.1, -0.05) is 13.3 Å². The summed E-state index contributed by atoms with van der Waals surface area (Å²) in [6, 6.07) is 0. The molecule has 0 spiro atoms. The number of unbranched alkanes of at least 4 members (excludes halogenated alkanes) is 1. The number of carboxylic acid groups (broad SMARTS) is 3. The maximum Gasteiger partial charge on any atom is 0.336 e. The second-order valence-electron chi connectivity index (χ2n) is 6.19. The Bertz CT molecular complexity index is 670. The molecule has 0 radical (unpaired) electrons. The van der Waals surface area contributed by atoms with Gasteiger partial charge in [-0.15, -0.1) is 0 Å². The lowest BCUT2D eigenvalue weighted by molar-refractivity contribution is -0.179. The Labute approximate surface area is 163 Å². The van der Waals surface area contributed by atoms with Crippen molar-refractivity contribution in [1.29, 1.82) is 0 Å². The number of carbonyl (C=O) groups is 6. The van der Waals surface area contributed by atoms with Gasteiger partial charge in [-0.25, -0.2) is 9.59 Å². The van der Waals surface area contributed by atoms with E-state index in [0.29, 0.717) is 12.8 Å². The van der Waals surface area contributed by atoms with Crippen molar-refractivity contribution in [3.63, 3.8) is 0 Å². The average molecular weight is 422 g/mol. The van der Waals surface area contributed by atoms with Gasteiger partial charge in [0.05, 0.1) is 32.3 Å².